The van der Waals surface area contributed by atoms with Crippen LogP contribution in [0.15, 0.2) is 36.7 Å². The quantitative estimate of drug-likeness (QED) is 0.659. The molecule has 0 unspecified atom stereocenters. The molecule has 0 fully saturated rings. The number of non-ortho nitro benzene ring substituents is 1. The van der Waals surface area contributed by atoms with Crippen LogP contribution in [0.2, 0.25) is 0 Å². The number of anilines is 2. The van der Waals surface area contributed by atoms with E-state index in [9.17, 15) is 19.3 Å². The summed E-state index contributed by atoms with van der Waals surface area (Å²) in [6.45, 7) is 0. The molecule has 0 spiro atoms. The van der Waals surface area contributed by atoms with Gasteiger partial charge < -0.3 is 5.32 Å². The summed E-state index contributed by atoms with van der Waals surface area (Å²) in [5, 5.41) is 15.0. The van der Waals surface area contributed by atoms with E-state index in [-0.39, 0.29) is 17.3 Å². The van der Waals surface area contributed by atoms with E-state index in [1.165, 1.54) is 12.4 Å². The van der Waals surface area contributed by atoms with E-state index < -0.39 is 16.8 Å². The molecule has 1 heterocycles. The maximum absolute atomic E-state index is 13.4. The first-order chi connectivity index (χ1) is 9.56. The summed E-state index contributed by atoms with van der Waals surface area (Å²) in [6, 6.07) is 3.56. The van der Waals surface area contributed by atoms with Crippen molar-refractivity contribution in [1.82, 2.24) is 9.97 Å². The normalized spacial score (nSPS) is 9.85. The summed E-state index contributed by atoms with van der Waals surface area (Å²) in [6.07, 6.45) is 2.83. The lowest BCUT2D eigenvalue weighted by Crippen LogP contribution is -2.21. The lowest BCUT2D eigenvalue weighted by Gasteiger charge is -2.06. The molecular weight excluding hydrogens is 269 g/mol. The summed E-state index contributed by atoms with van der Waals surface area (Å²) in [4.78, 5) is 28.9. The number of rotatable bonds is 3. The molecule has 0 saturated carbocycles. The van der Waals surface area contributed by atoms with Crippen molar-refractivity contribution < 1.29 is 14.1 Å². The summed E-state index contributed by atoms with van der Waals surface area (Å²) in [7, 11) is 0. The van der Waals surface area contributed by atoms with E-state index in [1.54, 1.807) is 6.07 Å². The van der Waals surface area contributed by atoms with Crippen LogP contribution in [0.5, 0.6) is 0 Å². The van der Waals surface area contributed by atoms with Gasteiger partial charge in [-0.15, -0.1) is 0 Å². The highest BCUT2D eigenvalue weighted by atomic mass is 19.1. The van der Waals surface area contributed by atoms with Crippen LogP contribution in [-0.4, -0.2) is 20.9 Å². The van der Waals surface area contributed by atoms with Crippen LogP contribution < -0.4 is 10.6 Å². The number of nitro benzene ring substituents is 1. The number of aromatic nitrogens is 2. The van der Waals surface area contributed by atoms with Crippen molar-refractivity contribution in [3.63, 3.8) is 0 Å². The molecule has 0 radical (unpaired) electrons. The van der Waals surface area contributed by atoms with Gasteiger partial charge in [-0.25, -0.2) is 19.2 Å². The molecule has 8 nitrogen and oxygen atoms in total. The average Bonchev–Trinajstić information content (AvgIpc) is 2.42. The fourth-order valence-electron chi connectivity index (χ4n) is 1.34. The highest BCUT2D eigenvalue weighted by Gasteiger charge is 2.13. The number of nitrogens with zero attached hydrogens (tertiary/aromatic N) is 3. The maximum Gasteiger partial charge on any atom is 0.326 e. The van der Waals surface area contributed by atoms with Gasteiger partial charge in [-0.2, -0.15) is 0 Å². The predicted molar refractivity (Wildman–Crippen MR) is 67.7 cm³/mol. The van der Waals surface area contributed by atoms with Gasteiger partial charge in [-0.1, -0.05) is 0 Å². The molecular formula is C11H8FN5O3. The summed E-state index contributed by atoms with van der Waals surface area (Å²) >= 11 is 0. The lowest BCUT2D eigenvalue weighted by molar-refractivity contribution is -0.384. The Kier molecular flexibility index (Phi) is 3.80. The van der Waals surface area contributed by atoms with Gasteiger partial charge >= 0.3 is 6.03 Å². The molecule has 0 aliphatic carbocycles. The van der Waals surface area contributed by atoms with Crippen LogP contribution >= 0.6 is 0 Å². The first-order valence-electron chi connectivity index (χ1n) is 5.35. The maximum atomic E-state index is 13.4. The van der Waals surface area contributed by atoms with Crippen molar-refractivity contribution in [3.8, 4) is 0 Å². The third kappa shape index (κ3) is 3.22. The Hall–Kier alpha value is -3.10. The van der Waals surface area contributed by atoms with E-state index in [1.807, 2.05) is 0 Å². The standard InChI is InChI=1S/C11H8FN5O3/c12-8-3-2-7(17(19)20)6-9(8)15-11(18)16-10-13-4-1-5-14-10/h1-6H,(H2,13,14,15,16,18). The SMILES string of the molecule is O=C(Nc1ncccn1)Nc1cc([N+](=O)[O-])ccc1F. The highest BCUT2D eigenvalue weighted by Crippen LogP contribution is 2.21. The molecule has 2 amide bonds. The number of nitro groups is 1. The number of hydrogen-bond donors (Lipinski definition) is 2. The summed E-state index contributed by atoms with van der Waals surface area (Å²) in [5.41, 5.74) is -0.648. The van der Waals surface area contributed by atoms with Crippen LogP contribution in [0.4, 0.5) is 26.5 Å². The van der Waals surface area contributed by atoms with Crippen LogP contribution in [-0.2, 0) is 0 Å². The fraction of sp³-hybridized carbons (Fsp3) is 0. The molecule has 0 saturated heterocycles. The number of amides is 2. The minimum Gasteiger partial charge on any atom is -0.305 e. The van der Waals surface area contributed by atoms with E-state index in [2.05, 4.69) is 20.6 Å². The summed E-state index contributed by atoms with van der Waals surface area (Å²) < 4.78 is 13.4. The summed E-state index contributed by atoms with van der Waals surface area (Å²) in [5.74, 6) is -0.768. The van der Waals surface area contributed by atoms with Gasteiger partial charge in [0.1, 0.15) is 5.82 Å². The Morgan fingerprint density at radius 2 is 1.95 bits per heavy atom. The zero-order valence-corrected chi connectivity index (χ0v) is 9.91. The molecule has 1 aromatic carbocycles. The number of halogens is 1. The topological polar surface area (TPSA) is 110 Å². The second kappa shape index (κ2) is 5.69. The van der Waals surface area contributed by atoms with Crippen LogP contribution in [0, 0.1) is 15.9 Å². The molecule has 2 aromatic rings. The number of nitrogens with one attached hydrogen (secondary N) is 2. The van der Waals surface area contributed by atoms with E-state index in [0.29, 0.717) is 0 Å². The smallest absolute Gasteiger partial charge is 0.305 e. The van der Waals surface area contributed by atoms with Crippen LogP contribution in [0.25, 0.3) is 0 Å². The number of benzene rings is 1. The Balaban J connectivity index is 2.11. The molecule has 2 rings (SSSR count). The number of urea groups is 1. The molecule has 1 aromatic heterocycles. The lowest BCUT2D eigenvalue weighted by atomic mass is 10.2. The molecule has 20 heavy (non-hydrogen) atoms. The Bertz CT molecular complexity index is 650. The average molecular weight is 277 g/mol. The fourth-order valence-corrected chi connectivity index (χ4v) is 1.34. The van der Waals surface area contributed by atoms with Crippen molar-refractivity contribution in [2.75, 3.05) is 10.6 Å². The third-order valence-corrected chi connectivity index (χ3v) is 2.20. The highest BCUT2D eigenvalue weighted by molar-refractivity contribution is 5.98. The van der Waals surface area contributed by atoms with E-state index in [4.69, 9.17) is 0 Å². The Labute approximate surface area is 111 Å². The van der Waals surface area contributed by atoms with Crippen LogP contribution in [0.1, 0.15) is 0 Å². The van der Waals surface area contributed by atoms with Crippen molar-refractivity contribution in [1.29, 1.82) is 0 Å². The van der Waals surface area contributed by atoms with Gasteiger partial charge in [0.2, 0.25) is 5.95 Å². The van der Waals surface area contributed by atoms with Gasteiger partial charge in [-0.05, 0) is 12.1 Å². The van der Waals surface area contributed by atoms with Gasteiger partial charge in [0, 0.05) is 24.5 Å². The third-order valence-electron chi connectivity index (χ3n) is 2.20. The molecule has 0 aliphatic heterocycles. The monoisotopic (exact) mass is 277 g/mol. The minimum atomic E-state index is -0.810. The second-order valence-corrected chi connectivity index (χ2v) is 3.57. The largest absolute Gasteiger partial charge is 0.326 e. The molecule has 0 atom stereocenters. The first kappa shape index (κ1) is 13.3. The zero-order valence-electron chi connectivity index (χ0n) is 9.91. The van der Waals surface area contributed by atoms with Crippen LogP contribution in [0.3, 0.4) is 0 Å². The van der Waals surface area contributed by atoms with Crippen molar-refractivity contribution >= 4 is 23.4 Å². The van der Waals surface area contributed by atoms with Gasteiger partial charge in [0.25, 0.3) is 5.69 Å². The second-order valence-electron chi connectivity index (χ2n) is 3.57. The van der Waals surface area contributed by atoms with Gasteiger partial charge in [-0.3, -0.25) is 15.4 Å². The number of carbonyl (C=O) groups is 1. The molecule has 0 aliphatic rings. The molecule has 9 heteroatoms. The predicted octanol–water partition coefficient (Wildman–Crippen LogP) is 2.17. The molecule has 0 bridgehead atoms. The first-order valence-corrected chi connectivity index (χ1v) is 5.35. The van der Waals surface area contributed by atoms with Gasteiger partial charge in [0.05, 0.1) is 10.6 Å². The number of carbonyl (C=O) groups excluding carboxylic acids is 1. The Morgan fingerprint density at radius 3 is 2.60 bits per heavy atom. The van der Waals surface area contributed by atoms with Crippen molar-refractivity contribution in [2.45, 2.75) is 0 Å². The van der Waals surface area contributed by atoms with E-state index in [0.717, 1.165) is 18.2 Å². The number of hydrogen-bond acceptors (Lipinski definition) is 5. The van der Waals surface area contributed by atoms with Gasteiger partial charge in [0.15, 0.2) is 0 Å². The van der Waals surface area contributed by atoms with Crippen molar-refractivity contribution in [2.24, 2.45) is 0 Å². The zero-order chi connectivity index (χ0) is 14.5. The molecule has 2 N–H and O–H groups in total. The minimum absolute atomic E-state index is 0.0239. The van der Waals surface area contributed by atoms with E-state index >= 15 is 0 Å². The molecule has 102 valence electrons. The van der Waals surface area contributed by atoms with Crippen molar-refractivity contribution in [3.05, 3.63) is 52.6 Å². The Morgan fingerprint density at radius 1 is 1.25 bits per heavy atom.